The number of amides is 1. The van der Waals surface area contributed by atoms with E-state index in [0.29, 0.717) is 17.8 Å². The number of anilines is 1. The van der Waals surface area contributed by atoms with E-state index >= 15 is 0 Å². The first kappa shape index (κ1) is 21.3. The second kappa shape index (κ2) is 9.28. The molecule has 1 N–H and O–H groups in total. The van der Waals surface area contributed by atoms with Gasteiger partial charge in [-0.3, -0.25) is 9.10 Å². The number of rotatable bonds is 8. The Labute approximate surface area is 166 Å². The number of thioether (sulfide) groups is 1. The number of nitrogens with one attached hydrogen (secondary N) is 1. The molecule has 2 aromatic rings. The zero-order valence-corrected chi connectivity index (χ0v) is 17.7. The van der Waals surface area contributed by atoms with Crippen LogP contribution >= 0.6 is 11.8 Å². The van der Waals surface area contributed by atoms with Crippen molar-refractivity contribution in [2.45, 2.75) is 43.0 Å². The highest BCUT2D eigenvalue weighted by molar-refractivity contribution is 7.98. The van der Waals surface area contributed by atoms with Crippen LogP contribution in [0.4, 0.5) is 5.69 Å². The summed E-state index contributed by atoms with van der Waals surface area (Å²) in [7, 11) is -3.66. The second-order valence-electron chi connectivity index (χ2n) is 6.17. The zero-order valence-electron chi connectivity index (χ0n) is 16.1. The molecular weight excluding hydrogens is 380 g/mol. The fraction of sp³-hybridized carbons (Fsp3) is 0.350. The van der Waals surface area contributed by atoms with Gasteiger partial charge in [0.15, 0.2) is 0 Å². The monoisotopic (exact) mass is 406 g/mol. The summed E-state index contributed by atoms with van der Waals surface area (Å²) in [5.41, 5.74) is 1.04. The van der Waals surface area contributed by atoms with Crippen LogP contribution in [-0.2, 0) is 10.0 Å². The highest BCUT2D eigenvalue weighted by atomic mass is 32.2. The summed E-state index contributed by atoms with van der Waals surface area (Å²) >= 11 is 1.56. The Kier molecular flexibility index (Phi) is 7.33. The lowest BCUT2D eigenvalue weighted by Crippen LogP contribution is -2.32. The third kappa shape index (κ3) is 5.05. The van der Waals surface area contributed by atoms with Gasteiger partial charge in [-0.15, -0.1) is 11.8 Å². The van der Waals surface area contributed by atoms with Crippen LogP contribution in [0, 0.1) is 0 Å². The molecule has 0 saturated carbocycles. The van der Waals surface area contributed by atoms with Gasteiger partial charge < -0.3 is 5.32 Å². The molecule has 1 atom stereocenters. The molecule has 0 aliphatic rings. The average Bonchev–Trinajstić information content (AvgIpc) is 2.68. The molecule has 0 aliphatic heterocycles. The molecule has 0 fully saturated rings. The average molecular weight is 407 g/mol. The Morgan fingerprint density at radius 1 is 1.07 bits per heavy atom. The first-order chi connectivity index (χ1) is 12.8. The SMILES string of the molecule is CC[C@H](C)NC(=O)c1ccc(N(CC)S(=O)(=O)c2ccc(SC)cc2)cc1. The van der Waals surface area contributed by atoms with E-state index in [4.69, 9.17) is 0 Å². The highest BCUT2D eigenvalue weighted by Gasteiger charge is 2.23. The lowest BCUT2D eigenvalue weighted by molar-refractivity contribution is 0.0939. The van der Waals surface area contributed by atoms with Crippen LogP contribution in [0.1, 0.15) is 37.6 Å². The molecule has 0 aliphatic carbocycles. The minimum Gasteiger partial charge on any atom is -0.350 e. The number of nitrogens with zero attached hydrogens (tertiary/aromatic N) is 1. The minimum atomic E-state index is -3.66. The van der Waals surface area contributed by atoms with E-state index in [1.807, 2.05) is 20.1 Å². The number of hydrogen-bond acceptors (Lipinski definition) is 4. The maximum Gasteiger partial charge on any atom is 0.264 e. The normalized spacial score (nSPS) is 12.4. The van der Waals surface area contributed by atoms with Crippen molar-refractivity contribution in [3.05, 3.63) is 54.1 Å². The summed E-state index contributed by atoms with van der Waals surface area (Å²) in [5, 5.41) is 2.90. The van der Waals surface area contributed by atoms with Gasteiger partial charge in [0.25, 0.3) is 15.9 Å². The maximum atomic E-state index is 13.0. The summed E-state index contributed by atoms with van der Waals surface area (Å²) in [6, 6.07) is 13.6. The molecule has 0 radical (unpaired) electrons. The van der Waals surface area contributed by atoms with Gasteiger partial charge in [-0.25, -0.2) is 8.42 Å². The van der Waals surface area contributed by atoms with E-state index in [-0.39, 0.29) is 16.8 Å². The first-order valence-electron chi connectivity index (χ1n) is 8.91. The van der Waals surface area contributed by atoms with Gasteiger partial charge in [0.2, 0.25) is 0 Å². The van der Waals surface area contributed by atoms with Crippen LogP contribution in [0.15, 0.2) is 58.3 Å². The third-order valence-electron chi connectivity index (χ3n) is 4.34. The predicted octanol–water partition coefficient (Wildman–Crippen LogP) is 4.15. The Bertz CT molecular complexity index is 863. The fourth-order valence-corrected chi connectivity index (χ4v) is 4.44. The van der Waals surface area contributed by atoms with Crippen LogP contribution in [-0.4, -0.2) is 33.2 Å². The van der Waals surface area contributed by atoms with Gasteiger partial charge in [0.1, 0.15) is 0 Å². The number of benzene rings is 2. The van der Waals surface area contributed by atoms with Crippen molar-refractivity contribution in [3.63, 3.8) is 0 Å². The predicted molar refractivity (Wildman–Crippen MR) is 112 cm³/mol. The minimum absolute atomic E-state index is 0.0916. The van der Waals surface area contributed by atoms with Crippen molar-refractivity contribution in [1.29, 1.82) is 0 Å². The molecule has 146 valence electrons. The summed E-state index contributed by atoms with van der Waals surface area (Å²) in [5.74, 6) is -0.158. The summed E-state index contributed by atoms with van der Waals surface area (Å²) < 4.78 is 27.4. The maximum absolute atomic E-state index is 13.0. The molecule has 1 amide bonds. The molecule has 0 unspecified atom stereocenters. The molecule has 7 heteroatoms. The molecule has 0 spiro atoms. The van der Waals surface area contributed by atoms with Crippen molar-refractivity contribution in [2.75, 3.05) is 17.1 Å². The first-order valence-corrected chi connectivity index (χ1v) is 11.6. The molecular formula is C20H26N2O3S2. The van der Waals surface area contributed by atoms with Gasteiger partial charge in [-0.2, -0.15) is 0 Å². The van der Waals surface area contributed by atoms with Crippen LogP contribution in [0.5, 0.6) is 0 Å². The third-order valence-corrected chi connectivity index (χ3v) is 7.00. The van der Waals surface area contributed by atoms with Crippen molar-refractivity contribution >= 4 is 33.4 Å². The smallest absolute Gasteiger partial charge is 0.264 e. The standard InChI is InChI=1S/C20H26N2O3S2/c1-5-15(3)21-20(23)16-7-9-17(10-8-16)22(6-2)27(24,25)19-13-11-18(26-4)12-14-19/h7-15H,5-6H2,1-4H3,(H,21,23)/t15-/m0/s1. The van der Waals surface area contributed by atoms with E-state index < -0.39 is 10.0 Å². The van der Waals surface area contributed by atoms with Gasteiger partial charge in [0, 0.05) is 23.0 Å². The molecule has 2 rings (SSSR count). The number of sulfonamides is 1. The molecule has 0 heterocycles. The lowest BCUT2D eigenvalue weighted by atomic mass is 10.1. The summed E-state index contributed by atoms with van der Waals surface area (Å²) in [6.07, 6.45) is 2.79. The van der Waals surface area contributed by atoms with Crippen LogP contribution in [0.3, 0.4) is 0 Å². The quantitative estimate of drug-likeness (QED) is 0.669. The van der Waals surface area contributed by atoms with Gasteiger partial charge >= 0.3 is 0 Å². The van der Waals surface area contributed by atoms with Crippen molar-refractivity contribution in [1.82, 2.24) is 5.32 Å². The van der Waals surface area contributed by atoms with Gasteiger partial charge in [-0.1, -0.05) is 6.92 Å². The van der Waals surface area contributed by atoms with Crippen LogP contribution < -0.4 is 9.62 Å². The topological polar surface area (TPSA) is 66.5 Å². The van der Waals surface area contributed by atoms with E-state index in [1.54, 1.807) is 67.2 Å². The van der Waals surface area contributed by atoms with E-state index in [2.05, 4.69) is 5.32 Å². The number of carbonyl (C=O) groups is 1. The van der Waals surface area contributed by atoms with Crippen molar-refractivity contribution < 1.29 is 13.2 Å². The fourth-order valence-electron chi connectivity index (χ4n) is 2.55. The van der Waals surface area contributed by atoms with E-state index in [0.717, 1.165) is 11.3 Å². The van der Waals surface area contributed by atoms with Gasteiger partial charge in [-0.05, 0) is 75.1 Å². The van der Waals surface area contributed by atoms with E-state index in [1.165, 1.54) is 4.31 Å². The Hall–Kier alpha value is -1.99. The lowest BCUT2D eigenvalue weighted by Gasteiger charge is -2.23. The Morgan fingerprint density at radius 2 is 1.67 bits per heavy atom. The second-order valence-corrected chi connectivity index (χ2v) is 8.92. The van der Waals surface area contributed by atoms with Crippen LogP contribution in [0.2, 0.25) is 0 Å². The van der Waals surface area contributed by atoms with Crippen molar-refractivity contribution in [2.24, 2.45) is 0 Å². The largest absolute Gasteiger partial charge is 0.350 e. The Balaban J connectivity index is 2.27. The molecule has 2 aromatic carbocycles. The molecule has 27 heavy (non-hydrogen) atoms. The molecule has 5 nitrogen and oxygen atoms in total. The molecule has 0 aromatic heterocycles. The Morgan fingerprint density at radius 3 is 2.15 bits per heavy atom. The molecule has 0 bridgehead atoms. The molecule has 0 saturated heterocycles. The van der Waals surface area contributed by atoms with Crippen LogP contribution in [0.25, 0.3) is 0 Å². The number of carbonyl (C=O) groups excluding carboxylic acids is 1. The number of hydrogen-bond donors (Lipinski definition) is 1. The zero-order chi connectivity index (χ0) is 20.0. The van der Waals surface area contributed by atoms with E-state index in [9.17, 15) is 13.2 Å². The summed E-state index contributed by atoms with van der Waals surface area (Å²) in [6.45, 7) is 6.03. The highest BCUT2D eigenvalue weighted by Crippen LogP contribution is 2.25. The van der Waals surface area contributed by atoms with Crippen molar-refractivity contribution in [3.8, 4) is 0 Å². The summed E-state index contributed by atoms with van der Waals surface area (Å²) in [4.78, 5) is 13.5. The van der Waals surface area contributed by atoms with Gasteiger partial charge in [0.05, 0.1) is 10.6 Å².